The fraction of sp³-hybridized carbons (Fsp3) is 0.238. The van der Waals surface area contributed by atoms with Crippen molar-refractivity contribution in [3.8, 4) is 0 Å². The second-order valence-corrected chi connectivity index (χ2v) is 5.56. The molecule has 0 aromatic heterocycles. The summed E-state index contributed by atoms with van der Waals surface area (Å²) in [4.78, 5) is 23.8. The first-order valence-corrected chi connectivity index (χ1v) is 8.82. The molecule has 0 amide bonds. The Hall–Kier alpha value is -3.28. The average molecular weight is 368 g/mol. The predicted octanol–water partition coefficient (Wildman–Crippen LogP) is 3.72. The van der Waals surface area contributed by atoms with Gasteiger partial charge in [0.05, 0.1) is 13.2 Å². The van der Waals surface area contributed by atoms with Gasteiger partial charge in [-0.1, -0.05) is 30.3 Å². The predicted molar refractivity (Wildman–Crippen MR) is 105 cm³/mol. The van der Waals surface area contributed by atoms with Gasteiger partial charge in [-0.2, -0.15) is 0 Å². The van der Waals surface area contributed by atoms with Gasteiger partial charge in [-0.3, -0.25) is 0 Å². The lowest BCUT2D eigenvalue weighted by molar-refractivity contribution is -0.146. The van der Waals surface area contributed by atoms with Crippen molar-refractivity contribution in [3.05, 3.63) is 71.9 Å². The Balaban J connectivity index is 1.99. The zero-order chi connectivity index (χ0) is 19.5. The molecule has 0 saturated heterocycles. The lowest BCUT2D eigenvalue weighted by Gasteiger charge is -2.09. The minimum atomic E-state index is -0.718. The molecule has 0 fully saturated rings. The largest absolute Gasteiger partial charge is 0.462 e. The minimum Gasteiger partial charge on any atom is -0.462 e. The highest BCUT2D eigenvalue weighted by molar-refractivity contribution is 6.14. The first-order chi connectivity index (χ1) is 13.1. The van der Waals surface area contributed by atoms with Crippen molar-refractivity contribution < 1.29 is 19.1 Å². The number of carbonyl (C=O) groups excluding carboxylic acids is 2. The summed E-state index contributed by atoms with van der Waals surface area (Å²) in [5.74, 6) is -1.44. The smallest absolute Gasteiger partial charge is 0.347 e. The summed E-state index contributed by atoms with van der Waals surface area (Å²) in [7, 11) is 0. The fourth-order valence-electron chi connectivity index (χ4n) is 2.26. The maximum Gasteiger partial charge on any atom is 0.347 e. The molecule has 2 N–H and O–H groups in total. The molecule has 2 rings (SSSR count). The molecule has 0 spiro atoms. The van der Waals surface area contributed by atoms with E-state index in [0.29, 0.717) is 0 Å². The summed E-state index contributed by atoms with van der Waals surface area (Å²) >= 11 is 0. The van der Waals surface area contributed by atoms with Crippen molar-refractivity contribution in [1.82, 2.24) is 0 Å². The number of hydrogen-bond acceptors (Lipinski definition) is 6. The van der Waals surface area contributed by atoms with Crippen LogP contribution >= 0.6 is 0 Å². The van der Waals surface area contributed by atoms with Gasteiger partial charge < -0.3 is 20.1 Å². The number of benzene rings is 2. The van der Waals surface area contributed by atoms with Crippen molar-refractivity contribution in [2.45, 2.75) is 20.4 Å². The van der Waals surface area contributed by atoms with E-state index in [1.807, 2.05) is 42.5 Å². The highest BCUT2D eigenvalue weighted by Gasteiger charge is 2.20. The van der Waals surface area contributed by atoms with E-state index in [4.69, 9.17) is 9.47 Å². The van der Waals surface area contributed by atoms with Crippen molar-refractivity contribution in [2.75, 3.05) is 23.8 Å². The third kappa shape index (κ3) is 6.51. The Kier molecular flexibility index (Phi) is 7.91. The summed E-state index contributed by atoms with van der Waals surface area (Å²) < 4.78 is 9.79. The highest BCUT2D eigenvalue weighted by Crippen LogP contribution is 2.15. The number of ether oxygens (including phenoxy) is 2. The average Bonchev–Trinajstić information content (AvgIpc) is 2.69. The summed E-state index contributed by atoms with van der Waals surface area (Å²) in [5, 5.41) is 6.26. The van der Waals surface area contributed by atoms with E-state index in [1.54, 1.807) is 13.8 Å². The number of anilines is 2. The first kappa shape index (κ1) is 20.0. The van der Waals surface area contributed by atoms with Gasteiger partial charge in [-0.25, -0.2) is 9.59 Å². The fourth-order valence-corrected chi connectivity index (χ4v) is 2.26. The third-order valence-corrected chi connectivity index (χ3v) is 3.60. The molecule has 27 heavy (non-hydrogen) atoms. The van der Waals surface area contributed by atoms with Gasteiger partial charge in [0.25, 0.3) is 0 Å². The Morgan fingerprint density at radius 2 is 1.41 bits per heavy atom. The zero-order valence-corrected chi connectivity index (χ0v) is 15.5. The molecule has 0 heterocycles. The molecule has 6 heteroatoms. The first-order valence-electron chi connectivity index (χ1n) is 8.82. The van der Waals surface area contributed by atoms with Crippen LogP contribution in [0.2, 0.25) is 0 Å². The molecule has 0 aliphatic carbocycles. The Morgan fingerprint density at radius 3 is 1.96 bits per heavy atom. The number of nitrogens with one attached hydrogen (secondary N) is 2. The maximum absolute atomic E-state index is 11.9. The van der Waals surface area contributed by atoms with Crippen molar-refractivity contribution in [2.24, 2.45) is 0 Å². The van der Waals surface area contributed by atoms with Gasteiger partial charge in [-0.15, -0.1) is 0 Å². The molecule has 142 valence electrons. The van der Waals surface area contributed by atoms with E-state index in [9.17, 15) is 9.59 Å². The second-order valence-electron chi connectivity index (χ2n) is 5.56. The number of rotatable bonds is 9. The van der Waals surface area contributed by atoms with Crippen LogP contribution < -0.4 is 10.6 Å². The monoisotopic (exact) mass is 368 g/mol. The van der Waals surface area contributed by atoms with Gasteiger partial charge in [0.15, 0.2) is 5.57 Å². The molecule has 0 saturated carbocycles. The third-order valence-electron chi connectivity index (χ3n) is 3.60. The molecule has 0 radical (unpaired) electrons. The minimum absolute atomic E-state index is 0.176. The van der Waals surface area contributed by atoms with E-state index in [2.05, 4.69) is 22.8 Å². The van der Waals surface area contributed by atoms with Crippen molar-refractivity contribution >= 4 is 23.3 Å². The van der Waals surface area contributed by atoms with Gasteiger partial charge in [0, 0.05) is 24.1 Å². The summed E-state index contributed by atoms with van der Waals surface area (Å²) in [6.07, 6.45) is 1.31. The molecule has 2 aromatic rings. The van der Waals surface area contributed by atoms with Crippen LogP contribution in [0.5, 0.6) is 0 Å². The van der Waals surface area contributed by atoms with Gasteiger partial charge >= 0.3 is 11.9 Å². The summed E-state index contributed by atoms with van der Waals surface area (Å²) in [6.45, 7) is 4.43. The summed E-state index contributed by atoms with van der Waals surface area (Å²) in [6, 6.07) is 17.6. The Labute approximate surface area is 159 Å². The quantitative estimate of drug-likeness (QED) is 0.304. The number of carbonyl (C=O) groups is 2. The number of esters is 2. The maximum atomic E-state index is 11.9. The van der Waals surface area contributed by atoms with Crippen LogP contribution in [0.3, 0.4) is 0 Å². The van der Waals surface area contributed by atoms with E-state index >= 15 is 0 Å². The molecule has 2 aromatic carbocycles. The van der Waals surface area contributed by atoms with E-state index in [0.717, 1.165) is 17.9 Å². The van der Waals surface area contributed by atoms with E-state index in [-0.39, 0.29) is 18.8 Å². The Morgan fingerprint density at radius 1 is 0.852 bits per heavy atom. The second kappa shape index (κ2) is 10.7. The van der Waals surface area contributed by atoms with Gasteiger partial charge in [0.2, 0.25) is 0 Å². The molecule has 0 atom stereocenters. The topological polar surface area (TPSA) is 76.7 Å². The van der Waals surface area contributed by atoms with Crippen LogP contribution in [-0.4, -0.2) is 25.2 Å². The van der Waals surface area contributed by atoms with Crippen LogP contribution in [0.1, 0.15) is 19.4 Å². The molecule has 0 unspecified atom stereocenters. The van der Waals surface area contributed by atoms with Crippen molar-refractivity contribution in [1.29, 1.82) is 0 Å². The summed E-state index contributed by atoms with van der Waals surface area (Å²) in [5.41, 5.74) is 2.71. The van der Waals surface area contributed by atoms with Gasteiger partial charge in [0.1, 0.15) is 0 Å². The zero-order valence-electron chi connectivity index (χ0n) is 15.5. The lowest BCUT2D eigenvalue weighted by atomic mass is 10.2. The molecular weight excluding hydrogens is 344 g/mol. The molecule has 0 aliphatic rings. The van der Waals surface area contributed by atoms with Crippen LogP contribution in [0.25, 0.3) is 0 Å². The normalized spacial score (nSPS) is 9.85. The van der Waals surface area contributed by atoms with Gasteiger partial charge in [-0.05, 0) is 43.7 Å². The lowest BCUT2D eigenvalue weighted by Crippen LogP contribution is -2.19. The van der Waals surface area contributed by atoms with Crippen LogP contribution in [0.4, 0.5) is 11.4 Å². The van der Waals surface area contributed by atoms with Crippen LogP contribution in [0, 0.1) is 0 Å². The number of hydrogen-bond donors (Lipinski definition) is 2. The Bertz CT molecular complexity index is 751. The standard InChI is InChI=1S/C21H24N2O4/c1-3-26-20(24)19(21(25)27-4-2)15-23-18-12-10-17(11-13-18)22-14-16-8-6-5-7-9-16/h5-13,15,22-23H,3-4,14H2,1-2H3. The highest BCUT2D eigenvalue weighted by atomic mass is 16.6. The molecule has 6 nitrogen and oxygen atoms in total. The van der Waals surface area contributed by atoms with Crippen LogP contribution in [-0.2, 0) is 25.6 Å². The molecule has 0 aliphatic heterocycles. The van der Waals surface area contributed by atoms with Crippen molar-refractivity contribution in [3.63, 3.8) is 0 Å². The molecular formula is C21H24N2O4. The SMILES string of the molecule is CCOC(=O)C(=CNc1ccc(NCc2ccccc2)cc1)C(=O)OCC. The van der Waals surface area contributed by atoms with E-state index in [1.165, 1.54) is 11.8 Å². The van der Waals surface area contributed by atoms with E-state index < -0.39 is 11.9 Å². The van der Waals surface area contributed by atoms with Crippen LogP contribution in [0.15, 0.2) is 66.4 Å². The molecule has 0 bridgehead atoms.